The summed E-state index contributed by atoms with van der Waals surface area (Å²) in [5.74, 6) is -0.584. The van der Waals surface area contributed by atoms with Gasteiger partial charge in [0.15, 0.2) is 0 Å². The molecule has 1 atom stereocenters. The molecular formula is C15H17FN2O3. The molecule has 0 unspecified atom stereocenters. The molecule has 1 aromatic rings. The van der Waals surface area contributed by atoms with Crippen LogP contribution in [0.2, 0.25) is 0 Å². The van der Waals surface area contributed by atoms with Crippen LogP contribution in [0.25, 0.3) is 0 Å². The molecule has 2 aliphatic rings. The van der Waals surface area contributed by atoms with E-state index in [2.05, 4.69) is 5.32 Å². The van der Waals surface area contributed by atoms with Crippen molar-refractivity contribution < 1.29 is 18.7 Å². The highest BCUT2D eigenvalue weighted by atomic mass is 19.1. The molecule has 1 fully saturated rings. The van der Waals surface area contributed by atoms with Crippen LogP contribution in [0, 0.1) is 5.82 Å². The average molecular weight is 292 g/mol. The second-order valence-corrected chi connectivity index (χ2v) is 5.37. The Balaban J connectivity index is 1.94. The number of nitrogens with zero attached hydrogens (tertiary/aromatic N) is 1. The lowest BCUT2D eigenvalue weighted by Crippen LogP contribution is -2.45. The summed E-state index contributed by atoms with van der Waals surface area (Å²) in [5, 5.41) is 2.82. The normalized spacial score (nSPS) is 21.8. The number of hydrogen-bond donors (Lipinski definition) is 1. The first-order valence-electron chi connectivity index (χ1n) is 7.07. The minimum Gasteiger partial charge on any atom is -0.496 e. The summed E-state index contributed by atoms with van der Waals surface area (Å²) in [6.07, 6.45) is 2.43. The zero-order chi connectivity index (χ0) is 15.0. The predicted octanol–water partition coefficient (Wildman–Crippen LogP) is 1.46. The van der Waals surface area contributed by atoms with Gasteiger partial charge < -0.3 is 15.0 Å². The molecule has 1 aromatic carbocycles. The molecule has 1 saturated heterocycles. The molecule has 0 saturated carbocycles. The third-order valence-corrected chi connectivity index (χ3v) is 4.10. The van der Waals surface area contributed by atoms with E-state index in [-0.39, 0.29) is 18.4 Å². The van der Waals surface area contributed by atoms with E-state index in [4.69, 9.17) is 4.74 Å². The van der Waals surface area contributed by atoms with Gasteiger partial charge in [-0.05, 0) is 25.3 Å². The van der Waals surface area contributed by atoms with E-state index in [0.29, 0.717) is 29.8 Å². The van der Waals surface area contributed by atoms with Gasteiger partial charge in [-0.25, -0.2) is 4.39 Å². The van der Waals surface area contributed by atoms with Crippen molar-refractivity contribution in [2.24, 2.45) is 0 Å². The van der Waals surface area contributed by atoms with Gasteiger partial charge in [0.25, 0.3) is 5.91 Å². The summed E-state index contributed by atoms with van der Waals surface area (Å²) in [4.78, 5) is 26.1. The average Bonchev–Trinajstić information content (AvgIpc) is 2.65. The van der Waals surface area contributed by atoms with Crippen molar-refractivity contribution in [1.82, 2.24) is 10.2 Å². The van der Waals surface area contributed by atoms with Crippen molar-refractivity contribution in [3.8, 4) is 5.75 Å². The number of methoxy groups -OCH3 is 1. The highest BCUT2D eigenvalue weighted by molar-refractivity contribution is 6.01. The largest absolute Gasteiger partial charge is 0.496 e. The Morgan fingerprint density at radius 3 is 2.90 bits per heavy atom. The fraction of sp³-hybridized carbons (Fsp3) is 0.467. The molecule has 0 aromatic heterocycles. The molecule has 112 valence electrons. The van der Waals surface area contributed by atoms with Crippen LogP contribution in [0.15, 0.2) is 12.1 Å². The van der Waals surface area contributed by atoms with Crippen molar-refractivity contribution in [3.05, 3.63) is 29.1 Å². The summed E-state index contributed by atoms with van der Waals surface area (Å²) in [7, 11) is 1.44. The van der Waals surface area contributed by atoms with Crippen LogP contribution in [-0.4, -0.2) is 36.4 Å². The van der Waals surface area contributed by atoms with E-state index < -0.39 is 11.9 Å². The molecule has 0 spiro atoms. The molecule has 3 rings (SSSR count). The van der Waals surface area contributed by atoms with Gasteiger partial charge in [-0.15, -0.1) is 0 Å². The zero-order valence-corrected chi connectivity index (χ0v) is 11.8. The topological polar surface area (TPSA) is 58.6 Å². The second-order valence-electron chi connectivity index (χ2n) is 5.37. The lowest BCUT2D eigenvalue weighted by atomic mass is 10.1. The number of amides is 2. The van der Waals surface area contributed by atoms with E-state index in [1.807, 2.05) is 0 Å². The minimum absolute atomic E-state index is 0.131. The Morgan fingerprint density at radius 1 is 1.33 bits per heavy atom. The van der Waals surface area contributed by atoms with E-state index in [1.54, 1.807) is 0 Å². The molecule has 2 heterocycles. The molecule has 2 amide bonds. The predicted molar refractivity (Wildman–Crippen MR) is 73.5 cm³/mol. The number of rotatable bonds is 2. The van der Waals surface area contributed by atoms with Crippen molar-refractivity contribution in [3.63, 3.8) is 0 Å². The number of benzene rings is 1. The van der Waals surface area contributed by atoms with Crippen molar-refractivity contribution >= 4 is 11.8 Å². The monoisotopic (exact) mass is 292 g/mol. The molecular weight excluding hydrogens is 275 g/mol. The molecule has 1 N–H and O–H groups in total. The van der Waals surface area contributed by atoms with Gasteiger partial charge in [0.2, 0.25) is 5.91 Å². The van der Waals surface area contributed by atoms with Gasteiger partial charge in [-0.3, -0.25) is 9.59 Å². The lowest BCUT2D eigenvalue weighted by molar-refractivity contribution is -0.125. The number of halogens is 1. The maximum absolute atomic E-state index is 13.6. The molecule has 0 bridgehead atoms. The zero-order valence-electron chi connectivity index (χ0n) is 11.8. The number of nitrogens with one attached hydrogen (secondary N) is 1. The van der Waals surface area contributed by atoms with Crippen LogP contribution < -0.4 is 10.1 Å². The molecule has 0 radical (unpaired) electrons. The smallest absolute Gasteiger partial charge is 0.255 e. The van der Waals surface area contributed by atoms with Gasteiger partial charge in [0.1, 0.15) is 17.6 Å². The summed E-state index contributed by atoms with van der Waals surface area (Å²) < 4.78 is 18.7. The maximum atomic E-state index is 13.6. The van der Waals surface area contributed by atoms with Crippen molar-refractivity contribution in [2.75, 3.05) is 13.7 Å². The van der Waals surface area contributed by atoms with Crippen LogP contribution in [-0.2, 0) is 11.3 Å². The summed E-state index contributed by atoms with van der Waals surface area (Å²) in [5.41, 5.74) is 0.949. The van der Waals surface area contributed by atoms with E-state index in [0.717, 1.165) is 12.8 Å². The number of fused-ring (bicyclic) bond motifs is 1. The Hall–Kier alpha value is -2.11. The Kier molecular flexibility index (Phi) is 3.53. The van der Waals surface area contributed by atoms with Gasteiger partial charge >= 0.3 is 0 Å². The van der Waals surface area contributed by atoms with E-state index >= 15 is 0 Å². The lowest BCUT2D eigenvalue weighted by Gasteiger charge is -2.25. The summed E-state index contributed by atoms with van der Waals surface area (Å²) >= 11 is 0. The minimum atomic E-state index is -0.508. The molecule has 0 aliphatic carbocycles. The molecule has 21 heavy (non-hydrogen) atoms. The second kappa shape index (κ2) is 5.35. The Labute approximate surface area is 122 Å². The highest BCUT2D eigenvalue weighted by Gasteiger charge is 2.38. The number of carbonyl (C=O) groups is 2. The highest BCUT2D eigenvalue weighted by Crippen LogP contribution is 2.34. The van der Waals surface area contributed by atoms with Gasteiger partial charge in [0, 0.05) is 18.2 Å². The fourth-order valence-corrected chi connectivity index (χ4v) is 3.02. The van der Waals surface area contributed by atoms with Crippen LogP contribution in [0.5, 0.6) is 5.75 Å². The van der Waals surface area contributed by atoms with E-state index in [9.17, 15) is 14.0 Å². The molecule has 5 nitrogen and oxygen atoms in total. The molecule has 6 heteroatoms. The van der Waals surface area contributed by atoms with Gasteiger partial charge in [-0.2, -0.15) is 0 Å². The summed E-state index contributed by atoms with van der Waals surface area (Å²) in [6.45, 7) is 0.929. The first kappa shape index (κ1) is 13.9. The van der Waals surface area contributed by atoms with Gasteiger partial charge in [-0.1, -0.05) is 0 Å². The number of ether oxygens (including phenoxy) is 1. The van der Waals surface area contributed by atoms with Crippen molar-refractivity contribution in [2.45, 2.75) is 31.8 Å². The number of carbonyl (C=O) groups excluding carboxylic acids is 2. The van der Waals surface area contributed by atoms with Crippen LogP contribution in [0.1, 0.15) is 35.2 Å². The first-order valence-corrected chi connectivity index (χ1v) is 7.07. The van der Waals surface area contributed by atoms with Crippen LogP contribution in [0.3, 0.4) is 0 Å². The number of hydrogen-bond acceptors (Lipinski definition) is 3. The maximum Gasteiger partial charge on any atom is 0.255 e. The quantitative estimate of drug-likeness (QED) is 0.897. The third kappa shape index (κ3) is 2.34. The van der Waals surface area contributed by atoms with Crippen LogP contribution in [0.4, 0.5) is 4.39 Å². The fourth-order valence-electron chi connectivity index (χ4n) is 3.02. The SMILES string of the molecule is COc1cc(F)cc2c1CN([C@H]1CCCCNC1=O)C2=O. The Bertz CT molecular complexity index is 603. The standard InChI is InChI=1S/C15H17FN2O3/c1-21-13-7-9(16)6-10-11(13)8-18(15(10)20)12-4-2-3-5-17-14(12)19/h6-7,12H,2-5,8H2,1H3,(H,17,19)/t12-/m0/s1. The summed E-state index contributed by atoms with van der Waals surface area (Å²) in [6, 6.07) is 2.00. The van der Waals surface area contributed by atoms with E-state index in [1.165, 1.54) is 24.1 Å². The Morgan fingerprint density at radius 2 is 2.14 bits per heavy atom. The molecule has 2 aliphatic heterocycles. The first-order chi connectivity index (χ1) is 10.1. The third-order valence-electron chi connectivity index (χ3n) is 4.10. The van der Waals surface area contributed by atoms with Gasteiger partial charge in [0.05, 0.1) is 19.2 Å². The van der Waals surface area contributed by atoms with Crippen LogP contribution >= 0.6 is 0 Å². The van der Waals surface area contributed by atoms with Crippen molar-refractivity contribution in [1.29, 1.82) is 0 Å².